The Labute approximate surface area is 186 Å². The molecule has 0 aromatic carbocycles. The van der Waals surface area contributed by atoms with Gasteiger partial charge in [0.15, 0.2) is 0 Å². The van der Waals surface area contributed by atoms with Gasteiger partial charge in [0.2, 0.25) is 0 Å². The zero-order valence-corrected chi connectivity index (χ0v) is 19.9. The molecule has 4 rings (SSSR count). The van der Waals surface area contributed by atoms with Gasteiger partial charge >= 0.3 is 21.1 Å². The molecule has 0 radical (unpaired) electrons. The van der Waals surface area contributed by atoms with E-state index < -0.39 is 0 Å². The molecule has 6 nitrogen and oxygen atoms in total. The minimum absolute atomic E-state index is 0. The van der Waals surface area contributed by atoms with E-state index in [1.54, 1.807) is 12.4 Å². The molecule has 0 saturated carbocycles. The van der Waals surface area contributed by atoms with Crippen LogP contribution in [0.2, 0.25) is 0 Å². The third-order valence-corrected chi connectivity index (χ3v) is 6.16. The second-order valence-electron chi connectivity index (χ2n) is 8.42. The van der Waals surface area contributed by atoms with Gasteiger partial charge in [-0.25, -0.2) is 9.97 Å². The Morgan fingerprint density at radius 2 is 1.10 bits per heavy atom. The van der Waals surface area contributed by atoms with Crippen molar-refractivity contribution < 1.29 is 21.1 Å². The van der Waals surface area contributed by atoms with Crippen LogP contribution >= 0.6 is 0 Å². The number of aryl methyl sites for hydroxylation is 2. The second-order valence-corrected chi connectivity index (χ2v) is 8.42. The summed E-state index contributed by atoms with van der Waals surface area (Å²) in [6.07, 6.45) is 7.81. The summed E-state index contributed by atoms with van der Waals surface area (Å²) < 4.78 is 4.10. The van der Waals surface area contributed by atoms with Gasteiger partial charge < -0.3 is 19.1 Å². The molecule has 0 aliphatic carbocycles. The van der Waals surface area contributed by atoms with Gasteiger partial charge in [0.05, 0.1) is 11.4 Å². The summed E-state index contributed by atoms with van der Waals surface area (Å²) in [5.74, 6) is 1.76. The first-order chi connectivity index (χ1) is 13.2. The Hall–Kier alpha value is -2.33. The van der Waals surface area contributed by atoms with E-state index in [0.717, 1.165) is 34.4 Å². The van der Waals surface area contributed by atoms with Gasteiger partial charge in [-0.2, -0.15) is 12.4 Å². The van der Waals surface area contributed by atoms with E-state index in [1.165, 1.54) is 0 Å². The summed E-state index contributed by atoms with van der Waals surface area (Å²) in [5.41, 5.74) is 3.34. The quantitative estimate of drug-likeness (QED) is 0.368. The Kier molecular flexibility index (Phi) is 5.52. The predicted molar refractivity (Wildman–Crippen MR) is 110 cm³/mol. The normalized spacial score (nSPS) is 12.2. The van der Waals surface area contributed by atoms with Gasteiger partial charge in [-0.05, 0) is 0 Å². The maximum atomic E-state index is 4.95. The van der Waals surface area contributed by atoms with E-state index in [-0.39, 0.29) is 31.9 Å². The Balaban J connectivity index is 0.00000240. The summed E-state index contributed by atoms with van der Waals surface area (Å²) in [5, 5.41) is 0. The van der Waals surface area contributed by atoms with Crippen molar-refractivity contribution in [2.75, 3.05) is 0 Å². The second kappa shape index (κ2) is 7.49. The van der Waals surface area contributed by atoms with Gasteiger partial charge in [0.1, 0.15) is 11.6 Å². The van der Waals surface area contributed by atoms with Crippen molar-refractivity contribution in [1.29, 1.82) is 0 Å². The van der Waals surface area contributed by atoms with Crippen LogP contribution in [0.3, 0.4) is 0 Å². The first kappa shape index (κ1) is 21.4. The number of hydrogen-bond acceptors (Lipinski definition) is 2. The SMILES string of the molecule is Cn1cc(C(C)(C)C(C)(C)c2cn(C)c(-c3ccc[n-]3)n2)nc1-c1ccc[n-]1.[Pt+2]. The molecule has 0 saturated heterocycles. The number of imidazole rings is 2. The molecule has 0 fully saturated rings. The molecule has 0 spiro atoms. The molecule has 154 valence electrons. The monoisotopic (exact) mass is 569 g/mol. The summed E-state index contributed by atoms with van der Waals surface area (Å²) in [6.45, 7) is 8.92. The molecule has 4 heterocycles. The van der Waals surface area contributed by atoms with E-state index in [2.05, 4.69) is 50.1 Å². The van der Waals surface area contributed by atoms with E-state index >= 15 is 0 Å². The average Bonchev–Trinajstić information content (AvgIpc) is 3.41. The smallest absolute Gasteiger partial charge is 0.661 e. The van der Waals surface area contributed by atoms with Crippen molar-refractivity contribution in [1.82, 2.24) is 29.1 Å². The van der Waals surface area contributed by atoms with Gasteiger partial charge in [-0.3, -0.25) is 0 Å². The number of aromatic nitrogens is 6. The van der Waals surface area contributed by atoms with Crippen LogP contribution in [0.5, 0.6) is 0 Å². The van der Waals surface area contributed by atoms with Crippen LogP contribution in [0.25, 0.3) is 23.0 Å². The van der Waals surface area contributed by atoms with Crippen molar-refractivity contribution in [3.8, 4) is 23.0 Å². The third-order valence-electron chi connectivity index (χ3n) is 6.16. The molecule has 4 aromatic heterocycles. The molecule has 0 atom stereocenters. The summed E-state index contributed by atoms with van der Waals surface area (Å²) >= 11 is 0. The molecule has 0 bridgehead atoms. The molecule has 0 unspecified atom stereocenters. The summed E-state index contributed by atoms with van der Waals surface area (Å²) in [7, 11) is 4.03. The van der Waals surface area contributed by atoms with Crippen molar-refractivity contribution in [3.05, 3.63) is 60.4 Å². The molecular formula is C22H26N6Pt. The zero-order chi connectivity index (χ0) is 20.1. The van der Waals surface area contributed by atoms with Crippen LogP contribution in [0.1, 0.15) is 39.1 Å². The molecule has 29 heavy (non-hydrogen) atoms. The third kappa shape index (κ3) is 3.44. The molecule has 7 heteroatoms. The number of nitrogens with zero attached hydrogens (tertiary/aromatic N) is 6. The number of hydrogen-bond donors (Lipinski definition) is 0. The van der Waals surface area contributed by atoms with Gasteiger partial charge in [-0.1, -0.05) is 63.3 Å². The fraction of sp³-hybridized carbons (Fsp3) is 0.364. The molecule has 0 aliphatic heterocycles. The summed E-state index contributed by atoms with van der Waals surface area (Å²) in [6, 6.07) is 7.85. The summed E-state index contributed by atoms with van der Waals surface area (Å²) in [4.78, 5) is 18.7. The molecule has 0 aliphatic rings. The average molecular weight is 570 g/mol. The minimum atomic E-state index is -0.249. The Bertz CT molecular complexity index is 992. The Morgan fingerprint density at radius 3 is 1.41 bits per heavy atom. The Morgan fingerprint density at radius 1 is 0.724 bits per heavy atom. The maximum absolute atomic E-state index is 4.95. The molecule has 4 aromatic rings. The fourth-order valence-electron chi connectivity index (χ4n) is 3.52. The van der Waals surface area contributed by atoms with Crippen molar-refractivity contribution >= 4 is 0 Å². The van der Waals surface area contributed by atoms with Gasteiger partial charge in [0, 0.05) is 37.3 Å². The largest absolute Gasteiger partial charge is 2.00 e. The standard InChI is InChI=1S/C22H26N6.Pt/c1-21(2,17-13-27(5)19(25-17)15-9-7-11-23-15)22(3,4)18-14-28(6)20(26-18)16-10-8-12-24-16;/h7-14H,1-6H3;/q-2;+2. The van der Waals surface area contributed by atoms with Crippen molar-refractivity contribution in [3.63, 3.8) is 0 Å². The molecular weight excluding hydrogens is 543 g/mol. The van der Waals surface area contributed by atoms with E-state index in [1.807, 2.05) is 47.5 Å². The van der Waals surface area contributed by atoms with Gasteiger partial charge in [0.25, 0.3) is 0 Å². The van der Waals surface area contributed by atoms with Crippen molar-refractivity contribution in [2.45, 2.75) is 38.5 Å². The topological polar surface area (TPSA) is 63.8 Å². The fourth-order valence-corrected chi connectivity index (χ4v) is 3.52. The minimum Gasteiger partial charge on any atom is -0.661 e. The van der Waals surface area contributed by atoms with E-state index in [4.69, 9.17) is 9.97 Å². The van der Waals surface area contributed by atoms with Crippen LogP contribution in [-0.4, -0.2) is 19.1 Å². The van der Waals surface area contributed by atoms with Crippen LogP contribution in [0, 0.1) is 0 Å². The first-order valence-electron chi connectivity index (χ1n) is 9.45. The van der Waals surface area contributed by atoms with Crippen LogP contribution < -0.4 is 9.97 Å². The van der Waals surface area contributed by atoms with Crippen molar-refractivity contribution in [2.24, 2.45) is 14.1 Å². The van der Waals surface area contributed by atoms with E-state index in [9.17, 15) is 0 Å². The number of rotatable bonds is 5. The van der Waals surface area contributed by atoms with Crippen LogP contribution in [0.4, 0.5) is 0 Å². The van der Waals surface area contributed by atoms with E-state index in [0.29, 0.717) is 0 Å². The first-order valence-corrected chi connectivity index (χ1v) is 9.45. The van der Waals surface area contributed by atoms with Crippen LogP contribution in [0.15, 0.2) is 49.1 Å². The zero-order valence-electron chi connectivity index (χ0n) is 17.6. The van der Waals surface area contributed by atoms with Crippen LogP contribution in [-0.2, 0) is 46.0 Å². The van der Waals surface area contributed by atoms with Gasteiger partial charge in [-0.15, -0.1) is 0 Å². The predicted octanol–water partition coefficient (Wildman–Crippen LogP) is 3.65. The maximum Gasteiger partial charge on any atom is 2.00 e. The molecule has 0 amide bonds. The molecule has 0 N–H and O–H groups in total.